The maximum atomic E-state index is 12.3. The second-order valence-electron chi connectivity index (χ2n) is 8.66. The van der Waals surface area contributed by atoms with Gasteiger partial charge in [0.2, 0.25) is 0 Å². The zero-order chi connectivity index (χ0) is 23.0. The number of esters is 1. The van der Waals surface area contributed by atoms with E-state index in [1.54, 1.807) is 0 Å². The van der Waals surface area contributed by atoms with Gasteiger partial charge < -0.3 is 19.7 Å². The molecule has 29 heavy (non-hydrogen) atoms. The monoisotopic (exact) mass is 454 g/mol. The third-order valence-electron chi connectivity index (χ3n) is 5.42. The topological polar surface area (TPSA) is 76.0 Å². The molecule has 0 heterocycles. The molecule has 0 aliphatic heterocycles. The van der Waals surface area contributed by atoms with Crippen LogP contribution in [0.15, 0.2) is 0 Å². The number of carbonyl (C=O) groups excluding carboxylic acids is 1. The Balaban J connectivity index is 0. The van der Waals surface area contributed by atoms with E-state index in [2.05, 4.69) is 47.2 Å². The van der Waals surface area contributed by atoms with E-state index >= 15 is 0 Å². The highest BCUT2D eigenvalue weighted by Gasteiger charge is 2.34. The standard InChI is InChI=1S/C21H42O3S2.CH4O2/c1-8-17(7)10-11-23-13-21(9-2,12-18(25)15(3)4)14-24-20(22)19(26)16(5)6;2-1-3/h15-19,25-26H,8-14H2,1-7H3;2-3H,1H2. The molecule has 0 saturated heterocycles. The van der Waals surface area contributed by atoms with E-state index in [-0.39, 0.29) is 27.8 Å². The van der Waals surface area contributed by atoms with Gasteiger partial charge in [-0.2, -0.15) is 25.3 Å². The lowest BCUT2D eigenvalue weighted by atomic mass is 9.80. The molecule has 0 amide bonds. The Morgan fingerprint density at radius 2 is 1.55 bits per heavy atom. The minimum atomic E-state index is -0.750. The molecular weight excluding hydrogens is 408 g/mol. The Morgan fingerprint density at radius 1 is 1.00 bits per heavy atom. The number of aliphatic hydroxyl groups is 2. The maximum Gasteiger partial charge on any atom is 0.319 e. The average Bonchev–Trinajstić information content (AvgIpc) is 2.68. The minimum Gasteiger partial charge on any atom is -0.464 e. The van der Waals surface area contributed by atoms with Crippen LogP contribution in [0.4, 0.5) is 0 Å². The van der Waals surface area contributed by atoms with Crippen LogP contribution in [0, 0.1) is 23.2 Å². The van der Waals surface area contributed by atoms with Gasteiger partial charge in [-0.3, -0.25) is 4.79 Å². The van der Waals surface area contributed by atoms with Crippen LogP contribution < -0.4 is 0 Å². The van der Waals surface area contributed by atoms with Crippen LogP contribution in [0.3, 0.4) is 0 Å². The average molecular weight is 455 g/mol. The van der Waals surface area contributed by atoms with Crippen molar-refractivity contribution in [3.8, 4) is 0 Å². The molecule has 0 bridgehead atoms. The fourth-order valence-corrected chi connectivity index (χ4v) is 3.01. The third-order valence-corrected chi connectivity index (χ3v) is 7.00. The molecule has 0 aliphatic carbocycles. The van der Waals surface area contributed by atoms with E-state index in [1.807, 2.05) is 13.8 Å². The van der Waals surface area contributed by atoms with Gasteiger partial charge in [-0.15, -0.1) is 0 Å². The van der Waals surface area contributed by atoms with Crippen molar-refractivity contribution in [3.05, 3.63) is 0 Å². The molecule has 5 nitrogen and oxygen atoms in total. The highest BCUT2D eigenvalue weighted by atomic mass is 32.1. The number of carbonyl (C=O) groups is 1. The van der Waals surface area contributed by atoms with Crippen molar-refractivity contribution in [1.82, 2.24) is 0 Å². The maximum absolute atomic E-state index is 12.3. The molecular formula is C22H46O5S2. The molecule has 7 heteroatoms. The van der Waals surface area contributed by atoms with Crippen LogP contribution in [0.1, 0.15) is 74.1 Å². The van der Waals surface area contributed by atoms with E-state index in [9.17, 15) is 4.79 Å². The second-order valence-corrected chi connectivity index (χ2v) is 9.88. The molecule has 0 aromatic rings. The molecule has 0 saturated carbocycles. The lowest BCUT2D eigenvalue weighted by Gasteiger charge is -2.35. The third kappa shape index (κ3) is 14.6. The van der Waals surface area contributed by atoms with Gasteiger partial charge >= 0.3 is 5.97 Å². The van der Waals surface area contributed by atoms with Crippen LogP contribution in [-0.4, -0.2) is 53.3 Å². The molecule has 0 aromatic carbocycles. The Bertz CT molecular complexity index is 407. The predicted molar refractivity (Wildman–Crippen MR) is 128 cm³/mol. The van der Waals surface area contributed by atoms with Gasteiger partial charge in [0.25, 0.3) is 0 Å². The van der Waals surface area contributed by atoms with Gasteiger partial charge in [0.05, 0.1) is 13.2 Å². The van der Waals surface area contributed by atoms with Crippen molar-refractivity contribution in [3.63, 3.8) is 0 Å². The largest absolute Gasteiger partial charge is 0.464 e. The summed E-state index contributed by atoms with van der Waals surface area (Å²) in [6.07, 6.45) is 4.01. The summed E-state index contributed by atoms with van der Waals surface area (Å²) in [6, 6.07) is 0. The zero-order valence-corrected chi connectivity index (χ0v) is 21.3. The number of ether oxygens (including phenoxy) is 2. The number of rotatable bonds is 14. The number of hydrogen-bond acceptors (Lipinski definition) is 7. The molecule has 0 fully saturated rings. The molecule has 0 aromatic heterocycles. The Morgan fingerprint density at radius 3 is 1.97 bits per heavy atom. The molecule has 4 unspecified atom stereocenters. The number of hydrogen-bond donors (Lipinski definition) is 4. The summed E-state index contributed by atoms with van der Waals surface area (Å²) in [5, 5.41) is 14.1. The smallest absolute Gasteiger partial charge is 0.319 e. The summed E-state index contributed by atoms with van der Waals surface area (Å²) < 4.78 is 11.7. The summed E-state index contributed by atoms with van der Waals surface area (Å²) >= 11 is 9.15. The van der Waals surface area contributed by atoms with Gasteiger partial charge in [-0.1, -0.05) is 54.9 Å². The van der Waals surface area contributed by atoms with E-state index in [0.717, 1.165) is 25.9 Å². The normalized spacial score (nSPS) is 16.6. The van der Waals surface area contributed by atoms with Gasteiger partial charge in [0.1, 0.15) is 12.0 Å². The molecule has 176 valence electrons. The molecule has 4 atom stereocenters. The van der Waals surface area contributed by atoms with Crippen LogP contribution in [0.5, 0.6) is 0 Å². The van der Waals surface area contributed by atoms with E-state index in [4.69, 9.17) is 32.3 Å². The van der Waals surface area contributed by atoms with Crippen molar-refractivity contribution < 1.29 is 24.5 Å². The highest BCUT2D eigenvalue weighted by Crippen LogP contribution is 2.34. The molecule has 0 rings (SSSR count). The van der Waals surface area contributed by atoms with Crippen LogP contribution >= 0.6 is 25.3 Å². The van der Waals surface area contributed by atoms with Crippen LogP contribution in [0.2, 0.25) is 0 Å². The van der Waals surface area contributed by atoms with Gasteiger partial charge in [-0.05, 0) is 37.0 Å². The van der Waals surface area contributed by atoms with Gasteiger partial charge in [0, 0.05) is 17.3 Å². The van der Waals surface area contributed by atoms with Crippen molar-refractivity contribution in [2.24, 2.45) is 23.2 Å². The fourth-order valence-electron chi connectivity index (χ4n) is 2.55. The minimum absolute atomic E-state index is 0.155. The summed E-state index contributed by atoms with van der Waals surface area (Å²) in [6.45, 7) is 15.9. The first-order chi connectivity index (χ1) is 13.5. The van der Waals surface area contributed by atoms with Gasteiger partial charge in [-0.25, -0.2) is 0 Å². The van der Waals surface area contributed by atoms with Gasteiger partial charge in [0.15, 0.2) is 0 Å². The molecule has 0 radical (unpaired) electrons. The zero-order valence-electron chi connectivity index (χ0n) is 19.6. The van der Waals surface area contributed by atoms with E-state index in [1.165, 1.54) is 6.42 Å². The van der Waals surface area contributed by atoms with Crippen molar-refractivity contribution in [1.29, 1.82) is 0 Å². The van der Waals surface area contributed by atoms with Crippen molar-refractivity contribution in [2.75, 3.05) is 26.6 Å². The second kappa shape index (κ2) is 17.7. The first-order valence-electron chi connectivity index (χ1n) is 10.8. The van der Waals surface area contributed by atoms with E-state index < -0.39 is 6.79 Å². The first kappa shape index (κ1) is 31.2. The lowest BCUT2D eigenvalue weighted by molar-refractivity contribution is -0.149. The number of thiol groups is 2. The molecule has 2 N–H and O–H groups in total. The summed E-state index contributed by atoms with van der Waals surface area (Å²) in [4.78, 5) is 12.3. The lowest BCUT2D eigenvalue weighted by Crippen LogP contribution is -2.38. The fraction of sp³-hybridized carbons (Fsp3) is 0.955. The summed E-state index contributed by atoms with van der Waals surface area (Å²) in [5.41, 5.74) is -0.188. The summed E-state index contributed by atoms with van der Waals surface area (Å²) in [5.74, 6) is 1.06. The highest BCUT2D eigenvalue weighted by molar-refractivity contribution is 7.81. The Labute approximate surface area is 190 Å². The van der Waals surface area contributed by atoms with Crippen LogP contribution in [-0.2, 0) is 14.3 Å². The number of aliphatic hydroxyl groups excluding tert-OH is 1. The SMILES string of the molecule is CCC(C)CCOCC(CC)(COC(=O)C(S)C(C)C)CC(S)C(C)C.OCO. The molecule has 0 aliphatic rings. The molecule has 0 spiro atoms. The van der Waals surface area contributed by atoms with Crippen LogP contribution in [0.25, 0.3) is 0 Å². The first-order valence-corrected chi connectivity index (χ1v) is 11.9. The van der Waals surface area contributed by atoms with E-state index in [0.29, 0.717) is 25.0 Å². The predicted octanol–water partition coefficient (Wildman–Crippen LogP) is 4.61. The Kier molecular flexibility index (Phi) is 19.1. The van der Waals surface area contributed by atoms with Crippen molar-refractivity contribution >= 4 is 31.2 Å². The van der Waals surface area contributed by atoms with Crippen molar-refractivity contribution in [2.45, 2.75) is 84.6 Å². The Hall–Kier alpha value is 0.0500. The quantitative estimate of drug-likeness (QED) is 0.133. The summed E-state index contributed by atoms with van der Waals surface area (Å²) in [7, 11) is 0.